The highest BCUT2D eigenvalue weighted by molar-refractivity contribution is 5.62. The largest absolute Gasteiger partial charge is 0.370 e. The van der Waals surface area contributed by atoms with Crippen LogP contribution in [0, 0.1) is 13.8 Å². The van der Waals surface area contributed by atoms with Gasteiger partial charge in [0, 0.05) is 23.9 Å². The molecule has 19 heavy (non-hydrogen) atoms. The molecule has 0 bridgehead atoms. The van der Waals surface area contributed by atoms with E-state index in [1.54, 1.807) is 0 Å². The van der Waals surface area contributed by atoms with Crippen LogP contribution >= 0.6 is 0 Å². The quantitative estimate of drug-likeness (QED) is 0.904. The second kappa shape index (κ2) is 5.83. The summed E-state index contributed by atoms with van der Waals surface area (Å²) in [5, 5.41) is 3.27. The summed E-state index contributed by atoms with van der Waals surface area (Å²) < 4.78 is 0. The molecule has 0 saturated heterocycles. The van der Waals surface area contributed by atoms with Gasteiger partial charge in [-0.25, -0.2) is 9.97 Å². The second-order valence-corrected chi connectivity index (χ2v) is 4.77. The van der Waals surface area contributed by atoms with E-state index in [4.69, 9.17) is 0 Å². The molecule has 1 N–H and O–H groups in total. The van der Waals surface area contributed by atoms with Crippen LogP contribution in [0.4, 0.5) is 5.82 Å². The van der Waals surface area contributed by atoms with Crippen molar-refractivity contribution in [2.24, 2.45) is 0 Å². The molecule has 3 heteroatoms. The van der Waals surface area contributed by atoms with Crippen LogP contribution in [0.3, 0.4) is 0 Å². The Morgan fingerprint density at radius 2 is 1.84 bits per heavy atom. The summed E-state index contributed by atoms with van der Waals surface area (Å²) in [6.07, 6.45) is 0.915. The summed E-state index contributed by atoms with van der Waals surface area (Å²) in [4.78, 5) is 9.25. The lowest BCUT2D eigenvalue weighted by atomic mass is 10.1. The zero-order valence-electron chi connectivity index (χ0n) is 12.1. The number of aryl methyl sites for hydroxylation is 3. The highest BCUT2D eigenvalue weighted by atomic mass is 15.0. The molecule has 1 aromatic carbocycles. The first-order valence-corrected chi connectivity index (χ1v) is 6.83. The molecule has 0 aliphatic carbocycles. The monoisotopic (exact) mass is 255 g/mol. The van der Waals surface area contributed by atoms with Crippen molar-refractivity contribution in [2.45, 2.75) is 34.1 Å². The highest BCUT2D eigenvalue weighted by Gasteiger charge is 2.08. The second-order valence-electron chi connectivity index (χ2n) is 4.77. The molecule has 0 amide bonds. The van der Waals surface area contributed by atoms with Crippen LogP contribution in [0.5, 0.6) is 0 Å². The van der Waals surface area contributed by atoms with Gasteiger partial charge in [0.1, 0.15) is 5.82 Å². The molecule has 2 rings (SSSR count). The van der Waals surface area contributed by atoms with Gasteiger partial charge in [-0.05, 0) is 32.8 Å². The smallest absolute Gasteiger partial charge is 0.162 e. The summed E-state index contributed by atoms with van der Waals surface area (Å²) in [6.45, 7) is 9.27. The van der Waals surface area contributed by atoms with Crippen LogP contribution < -0.4 is 5.32 Å². The fourth-order valence-electron chi connectivity index (χ4n) is 2.14. The predicted octanol–water partition coefficient (Wildman–Crippen LogP) is 3.75. The van der Waals surface area contributed by atoms with E-state index in [0.29, 0.717) is 0 Å². The molecule has 3 nitrogen and oxygen atoms in total. The zero-order valence-corrected chi connectivity index (χ0v) is 12.1. The molecular weight excluding hydrogens is 234 g/mol. The van der Waals surface area contributed by atoms with Crippen LogP contribution in [-0.2, 0) is 6.42 Å². The summed E-state index contributed by atoms with van der Waals surface area (Å²) in [5.74, 6) is 1.72. The fraction of sp³-hybridized carbons (Fsp3) is 0.375. The first-order chi connectivity index (χ1) is 9.13. The number of benzene rings is 1. The minimum Gasteiger partial charge on any atom is -0.370 e. The van der Waals surface area contributed by atoms with Gasteiger partial charge >= 0.3 is 0 Å². The molecule has 0 aliphatic rings. The Morgan fingerprint density at radius 1 is 1.05 bits per heavy atom. The lowest BCUT2D eigenvalue weighted by Gasteiger charge is -2.10. The number of anilines is 1. The van der Waals surface area contributed by atoms with Crippen molar-refractivity contribution in [3.8, 4) is 11.4 Å². The topological polar surface area (TPSA) is 37.8 Å². The molecule has 2 aromatic rings. The molecule has 1 aromatic heterocycles. The molecule has 100 valence electrons. The van der Waals surface area contributed by atoms with Gasteiger partial charge in [-0.2, -0.15) is 0 Å². The number of aromatic nitrogens is 2. The predicted molar refractivity (Wildman–Crippen MR) is 80.5 cm³/mol. The number of nitrogens with zero attached hydrogens (tertiary/aromatic N) is 2. The van der Waals surface area contributed by atoms with E-state index in [0.717, 1.165) is 35.9 Å². The summed E-state index contributed by atoms with van der Waals surface area (Å²) in [5.41, 5.74) is 4.66. The van der Waals surface area contributed by atoms with Crippen LogP contribution in [0.15, 0.2) is 24.3 Å². The lowest BCUT2D eigenvalue weighted by molar-refractivity contribution is 0.997. The van der Waals surface area contributed by atoms with Gasteiger partial charge in [-0.15, -0.1) is 0 Å². The Hall–Kier alpha value is -1.90. The van der Waals surface area contributed by atoms with Crippen LogP contribution in [0.2, 0.25) is 0 Å². The fourth-order valence-corrected chi connectivity index (χ4v) is 2.14. The van der Waals surface area contributed by atoms with Crippen molar-refractivity contribution >= 4 is 5.82 Å². The Labute approximate surface area is 115 Å². The molecule has 0 aliphatic heterocycles. The van der Waals surface area contributed by atoms with E-state index in [1.165, 1.54) is 11.1 Å². The minimum atomic E-state index is 0.813. The van der Waals surface area contributed by atoms with Crippen molar-refractivity contribution in [1.29, 1.82) is 0 Å². The average molecular weight is 255 g/mol. The Kier molecular flexibility index (Phi) is 4.15. The minimum absolute atomic E-state index is 0.813. The standard InChI is InChI=1S/C16H21N3/c1-5-13-10-15(17-6-2)19-16(18-13)14-8-7-11(3)9-12(14)4/h7-10H,5-6H2,1-4H3,(H,17,18,19). The van der Waals surface area contributed by atoms with Gasteiger partial charge in [0.15, 0.2) is 5.82 Å². The van der Waals surface area contributed by atoms with E-state index in [-0.39, 0.29) is 0 Å². The number of rotatable bonds is 4. The van der Waals surface area contributed by atoms with Crippen molar-refractivity contribution in [3.05, 3.63) is 41.1 Å². The molecule has 0 unspecified atom stereocenters. The molecule has 1 heterocycles. The maximum absolute atomic E-state index is 4.64. The zero-order chi connectivity index (χ0) is 13.8. The third kappa shape index (κ3) is 3.11. The first kappa shape index (κ1) is 13.5. The number of hydrogen-bond acceptors (Lipinski definition) is 3. The molecule has 0 fully saturated rings. The van der Waals surface area contributed by atoms with Crippen molar-refractivity contribution < 1.29 is 0 Å². The van der Waals surface area contributed by atoms with E-state index in [1.807, 2.05) is 6.07 Å². The molecule has 0 atom stereocenters. The SMILES string of the molecule is CCNc1cc(CC)nc(-c2ccc(C)cc2C)n1. The summed E-state index contributed by atoms with van der Waals surface area (Å²) in [7, 11) is 0. The van der Waals surface area contributed by atoms with Gasteiger partial charge in [0.05, 0.1) is 0 Å². The van der Waals surface area contributed by atoms with Crippen molar-refractivity contribution in [3.63, 3.8) is 0 Å². The molecule has 0 saturated carbocycles. The Morgan fingerprint density at radius 3 is 2.47 bits per heavy atom. The van der Waals surface area contributed by atoms with E-state index in [9.17, 15) is 0 Å². The molecule has 0 spiro atoms. The van der Waals surface area contributed by atoms with E-state index < -0.39 is 0 Å². The number of hydrogen-bond donors (Lipinski definition) is 1. The van der Waals surface area contributed by atoms with Crippen LogP contribution in [-0.4, -0.2) is 16.5 Å². The van der Waals surface area contributed by atoms with Gasteiger partial charge in [0.25, 0.3) is 0 Å². The van der Waals surface area contributed by atoms with Crippen LogP contribution in [0.25, 0.3) is 11.4 Å². The van der Waals surface area contributed by atoms with Gasteiger partial charge in [0.2, 0.25) is 0 Å². The summed E-state index contributed by atoms with van der Waals surface area (Å²) >= 11 is 0. The Balaban J connectivity index is 2.51. The van der Waals surface area contributed by atoms with E-state index >= 15 is 0 Å². The third-order valence-corrected chi connectivity index (χ3v) is 3.12. The summed E-state index contributed by atoms with van der Waals surface area (Å²) in [6, 6.07) is 8.41. The molecule has 0 radical (unpaired) electrons. The third-order valence-electron chi connectivity index (χ3n) is 3.12. The van der Waals surface area contributed by atoms with E-state index in [2.05, 4.69) is 61.2 Å². The van der Waals surface area contributed by atoms with Crippen molar-refractivity contribution in [1.82, 2.24) is 9.97 Å². The van der Waals surface area contributed by atoms with Crippen molar-refractivity contribution in [2.75, 3.05) is 11.9 Å². The first-order valence-electron chi connectivity index (χ1n) is 6.83. The van der Waals surface area contributed by atoms with Crippen LogP contribution in [0.1, 0.15) is 30.7 Å². The average Bonchev–Trinajstić information content (AvgIpc) is 2.38. The van der Waals surface area contributed by atoms with Gasteiger partial charge < -0.3 is 5.32 Å². The van der Waals surface area contributed by atoms with Gasteiger partial charge in [-0.1, -0.05) is 30.7 Å². The lowest BCUT2D eigenvalue weighted by Crippen LogP contribution is -2.04. The molecular formula is C16H21N3. The number of nitrogens with one attached hydrogen (secondary N) is 1. The maximum atomic E-state index is 4.64. The highest BCUT2D eigenvalue weighted by Crippen LogP contribution is 2.23. The Bertz CT molecular complexity index is 576. The normalized spacial score (nSPS) is 10.5. The van der Waals surface area contributed by atoms with Gasteiger partial charge in [-0.3, -0.25) is 0 Å². The maximum Gasteiger partial charge on any atom is 0.162 e.